The van der Waals surface area contributed by atoms with Gasteiger partial charge in [-0.25, -0.2) is 0 Å². The van der Waals surface area contributed by atoms with E-state index in [0.29, 0.717) is 5.52 Å². The standard InChI is InChI=1S/C20H27NO/c1-4-6-8-16(5-2)11-10-15(3)18-13-12-17-9-7-14-21-19(17)20(18)22/h7,9,12-14,16,22H,3-6,8,10-11H2,1-2H3/t16-/m0/s1. The zero-order valence-electron chi connectivity index (χ0n) is 13.8. The van der Waals surface area contributed by atoms with Crippen molar-refractivity contribution < 1.29 is 5.11 Å². The lowest BCUT2D eigenvalue weighted by molar-refractivity contribution is 0.426. The van der Waals surface area contributed by atoms with Crippen LogP contribution in [0.2, 0.25) is 0 Å². The summed E-state index contributed by atoms with van der Waals surface area (Å²) in [7, 11) is 0. The Labute approximate surface area is 133 Å². The third kappa shape index (κ3) is 3.88. The highest BCUT2D eigenvalue weighted by Crippen LogP contribution is 2.34. The predicted octanol–water partition coefficient (Wildman–Crippen LogP) is 5.95. The molecule has 0 fully saturated rings. The van der Waals surface area contributed by atoms with Crippen molar-refractivity contribution in [2.45, 2.75) is 52.4 Å². The lowest BCUT2D eigenvalue weighted by atomic mass is 9.90. The molecule has 2 heteroatoms. The Morgan fingerprint density at radius 2 is 2.05 bits per heavy atom. The average Bonchev–Trinajstić information content (AvgIpc) is 2.55. The van der Waals surface area contributed by atoms with E-state index in [9.17, 15) is 5.11 Å². The van der Waals surface area contributed by atoms with Gasteiger partial charge >= 0.3 is 0 Å². The molecule has 0 aliphatic rings. The molecule has 0 radical (unpaired) electrons. The van der Waals surface area contributed by atoms with Gasteiger partial charge in [0.2, 0.25) is 0 Å². The number of fused-ring (bicyclic) bond motifs is 1. The van der Waals surface area contributed by atoms with E-state index in [4.69, 9.17) is 0 Å². The van der Waals surface area contributed by atoms with Gasteiger partial charge in [0, 0.05) is 17.1 Å². The summed E-state index contributed by atoms with van der Waals surface area (Å²) in [6, 6.07) is 7.83. The molecule has 118 valence electrons. The Kier molecular flexibility index (Phi) is 6.00. The van der Waals surface area contributed by atoms with Gasteiger partial charge in [0.25, 0.3) is 0 Å². The van der Waals surface area contributed by atoms with Crippen LogP contribution in [0.15, 0.2) is 37.0 Å². The summed E-state index contributed by atoms with van der Waals surface area (Å²) in [4.78, 5) is 4.28. The van der Waals surface area contributed by atoms with Gasteiger partial charge in [0.15, 0.2) is 0 Å². The van der Waals surface area contributed by atoms with Crippen molar-refractivity contribution in [1.82, 2.24) is 4.98 Å². The van der Waals surface area contributed by atoms with E-state index in [1.165, 1.54) is 25.7 Å². The second-order valence-electron chi connectivity index (χ2n) is 6.10. The second kappa shape index (κ2) is 7.98. The molecule has 0 aliphatic heterocycles. The van der Waals surface area contributed by atoms with Crippen LogP contribution in [0.3, 0.4) is 0 Å². The quantitative estimate of drug-likeness (QED) is 0.653. The highest BCUT2D eigenvalue weighted by molar-refractivity contribution is 5.89. The topological polar surface area (TPSA) is 33.1 Å². The van der Waals surface area contributed by atoms with Crippen LogP contribution in [0.5, 0.6) is 5.75 Å². The number of hydrogen-bond donors (Lipinski definition) is 1. The van der Waals surface area contributed by atoms with Crippen molar-refractivity contribution >= 4 is 16.5 Å². The van der Waals surface area contributed by atoms with Gasteiger partial charge in [0.05, 0.1) is 0 Å². The fourth-order valence-electron chi connectivity index (χ4n) is 2.97. The third-order valence-electron chi connectivity index (χ3n) is 4.53. The van der Waals surface area contributed by atoms with Gasteiger partial charge < -0.3 is 5.11 Å². The Morgan fingerprint density at radius 3 is 2.77 bits per heavy atom. The average molecular weight is 297 g/mol. The summed E-state index contributed by atoms with van der Waals surface area (Å²) in [6.07, 6.45) is 8.88. The van der Waals surface area contributed by atoms with Crippen LogP contribution >= 0.6 is 0 Å². The molecule has 1 aromatic heterocycles. The van der Waals surface area contributed by atoms with E-state index in [-0.39, 0.29) is 5.75 Å². The first-order valence-corrected chi connectivity index (χ1v) is 8.42. The van der Waals surface area contributed by atoms with Crippen molar-refractivity contribution in [3.8, 4) is 5.75 Å². The van der Waals surface area contributed by atoms with Crippen molar-refractivity contribution in [2.75, 3.05) is 0 Å². The van der Waals surface area contributed by atoms with Gasteiger partial charge in [-0.15, -0.1) is 0 Å². The summed E-state index contributed by atoms with van der Waals surface area (Å²) in [5.74, 6) is 1.03. The van der Waals surface area contributed by atoms with E-state index in [0.717, 1.165) is 35.3 Å². The Balaban J connectivity index is 2.08. The lowest BCUT2D eigenvalue weighted by Crippen LogP contribution is -1.99. The molecule has 1 N–H and O–H groups in total. The lowest BCUT2D eigenvalue weighted by Gasteiger charge is -2.16. The number of aromatic nitrogens is 1. The molecule has 1 atom stereocenters. The Bertz CT molecular complexity index is 633. The monoisotopic (exact) mass is 297 g/mol. The van der Waals surface area contributed by atoms with Crippen molar-refractivity contribution in [2.24, 2.45) is 5.92 Å². The molecule has 0 amide bonds. The van der Waals surface area contributed by atoms with Crippen LogP contribution < -0.4 is 0 Å². The molecule has 2 aromatic rings. The number of phenolic OH excluding ortho intramolecular Hbond substituents is 1. The second-order valence-corrected chi connectivity index (χ2v) is 6.10. The van der Waals surface area contributed by atoms with E-state index in [2.05, 4.69) is 25.4 Å². The minimum absolute atomic E-state index is 0.268. The van der Waals surface area contributed by atoms with Crippen LogP contribution in [-0.4, -0.2) is 10.1 Å². The molecule has 1 heterocycles. The molecule has 1 aromatic carbocycles. The number of hydrogen-bond acceptors (Lipinski definition) is 2. The first-order valence-electron chi connectivity index (χ1n) is 8.42. The first kappa shape index (κ1) is 16.5. The van der Waals surface area contributed by atoms with Crippen LogP contribution in [0.4, 0.5) is 0 Å². The number of pyridine rings is 1. The number of unbranched alkanes of at least 4 members (excludes halogenated alkanes) is 1. The van der Waals surface area contributed by atoms with Crippen LogP contribution in [-0.2, 0) is 0 Å². The number of nitrogens with zero attached hydrogens (tertiary/aromatic N) is 1. The number of aromatic hydroxyl groups is 1. The fraction of sp³-hybridized carbons (Fsp3) is 0.450. The molecule has 0 unspecified atom stereocenters. The fourth-order valence-corrected chi connectivity index (χ4v) is 2.97. The summed E-state index contributed by atoms with van der Waals surface area (Å²) in [5, 5.41) is 11.4. The van der Waals surface area contributed by atoms with Gasteiger partial charge in [0.1, 0.15) is 11.3 Å². The minimum atomic E-state index is 0.268. The molecule has 2 rings (SSSR count). The van der Waals surface area contributed by atoms with E-state index < -0.39 is 0 Å². The maximum absolute atomic E-state index is 10.5. The number of allylic oxidation sites excluding steroid dienone is 1. The summed E-state index contributed by atoms with van der Waals surface area (Å²) in [5.41, 5.74) is 2.52. The van der Waals surface area contributed by atoms with Gasteiger partial charge in [-0.2, -0.15) is 0 Å². The zero-order valence-corrected chi connectivity index (χ0v) is 13.8. The minimum Gasteiger partial charge on any atom is -0.505 e. The normalized spacial score (nSPS) is 12.5. The van der Waals surface area contributed by atoms with Gasteiger partial charge in [-0.3, -0.25) is 4.98 Å². The Hall–Kier alpha value is -1.83. The Morgan fingerprint density at radius 1 is 1.23 bits per heavy atom. The highest BCUT2D eigenvalue weighted by Gasteiger charge is 2.12. The molecule has 0 saturated carbocycles. The molecule has 0 aliphatic carbocycles. The smallest absolute Gasteiger partial charge is 0.149 e. The molecular weight excluding hydrogens is 270 g/mol. The maximum atomic E-state index is 10.5. The van der Waals surface area contributed by atoms with Crippen LogP contribution in [0.25, 0.3) is 16.5 Å². The molecule has 2 nitrogen and oxygen atoms in total. The molecule has 22 heavy (non-hydrogen) atoms. The van der Waals surface area contributed by atoms with Gasteiger partial charge in [-0.1, -0.05) is 64.3 Å². The van der Waals surface area contributed by atoms with Crippen molar-refractivity contribution in [3.05, 3.63) is 42.6 Å². The predicted molar refractivity (Wildman–Crippen MR) is 95.0 cm³/mol. The molecule has 0 bridgehead atoms. The summed E-state index contributed by atoms with van der Waals surface area (Å²) < 4.78 is 0. The van der Waals surface area contributed by atoms with Crippen molar-refractivity contribution in [3.63, 3.8) is 0 Å². The molecule has 0 saturated heterocycles. The van der Waals surface area contributed by atoms with Crippen molar-refractivity contribution in [1.29, 1.82) is 0 Å². The summed E-state index contributed by atoms with van der Waals surface area (Å²) in [6.45, 7) is 8.70. The number of phenols is 1. The zero-order chi connectivity index (χ0) is 15.9. The third-order valence-corrected chi connectivity index (χ3v) is 4.53. The largest absolute Gasteiger partial charge is 0.505 e. The van der Waals surface area contributed by atoms with E-state index >= 15 is 0 Å². The SMILES string of the molecule is C=C(CC[C@@H](CC)CCCC)c1ccc2cccnc2c1O. The number of benzene rings is 1. The highest BCUT2D eigenvalue weighted by atomic mass is 16.3. The number of rotatable bonds is 8. The molecular formula is C20H27NO. The van der Waals surface area contributed by atoms with E-state index in [1.54, 1.807) is 6.20 Å². The van der Waals surface area contributed by atoms with Gasteiger partial charge in [-0.05, 0) is 30.4 Å². The van der Waals surface area contributed by atoms with Crippen LogP contribution in [0, 0.1) is 5.92 Å². The summed E-state index contributed by atoms with van der Waals surface area (Å²) >= 11 is 0. The maximum Gasteiger partial charge on any atom is 0.149 e. The van der Waals surface area contributed by atoms with E-state index in [1.807, 2.05) is 24.3 Å². The first-order chi connectivity index (χ1) is 10.7. The van der Waals surface area contributed by atoms with Crippen LogP contribution in [0.1, 0.15) is 57.9 Å². The molecule has 0 spiro atoms.